The highest BCUT2D eigenvalue weighted by molar-refractivity contribution is 5.47. The average molecular weight is 268 g/mol. The van der Waals surface area contributed by atoms with Crippen LogP contribution in [0.4, 0.5) is 5.69 Å². The topological polar surface area (TPSA) is 29.3 Å². The van der Waals surface area contributed by atoms with E-state index < -0.39 is 0 Å². The van der Waals surface area contributed by atoms with Gasteiger partial charge in [0.15, 0.2) is 0 Å². The molecule has 0 aliphatic heterocycles. The highest BCUT2D eigenvalue weighted by Gasteiger charge is 2.03. The molecule has 0 aliphatic carbocycles. The van der Waals surface area contributed by atoms with Crippen LogP contribution in [0.25, 0.3) is 0 Å². The van der Waals surface area contributed by atoms with E-state index in [2.05, 4.69) is 74.3 Å². The molecule has 2 nitrogen and oxygen atoms in total. The summed E-state index contributed by atoms with van der Waals surface area (Å²) >= 11 is 0. The predicted molar refractivity (Wildman–Crippen MR) is 87.0 cm³/mol. The van der Waals surface area contributed by atoms with E-state index in [0.717, 1.165) is 6.54 Å². The Kier molecular flexibility index (Phi) is 4.80. The van der Waals surface area contributed by atoms with Gasteiger partial charge in [0.2, 0.25) is 0 Å². The van der Waals surface area contributed by atoms with Crippen molar-refractivity contribution in [2.45, 2.75) is 32.9 Å². The van der Waals surface area contributed by atoms with Crippen LogP contribution < -0.4 is 10.6 Å². The maximum atomic E-state index is 5.62. The SMILES string of the molecule is CC(C)c1ccc(CN(C)c2ccc(CN)cc2)cc1. The van der Waals surface area contributed by atoms with Gasteiger partial charge in [0.05, 0.1) is 0 Å². The molecular weight excluding hydrogens is 244 g/mol. The first-order chi connectivity index (χ1) is 9.60. The third kappa shape index (κ3) is 3.61. The minimum absolute atomic E-state index is 0.589. The van der Waals surface area contributed by atoms with Gasteiger partial charge in [-0.3, -0.25) is 0 Å². The van der Waals surface area contributed by atoms with E-state index in [9.17, 15) is 0 Å². The zero-order chi connectivity index (χ0) is 14.5. The second kappa shape index (κ2) is 6.58. The first-order valence-corrected chi connectivity index (χ1v) is 7.19. The largest absolute Gasteiger partial charge is 0.370 e. The highest BCUT2D eigenvalue weighted by atomic mass is 15.1. The third-order valence-corrected chi connectivity index (χ3v) is 3.68. The van der Waals surface area contributed by atoms with Gasteiger partial charge in [-0.05, 0) is 34.7 Å². The lowest BCUT2D eigenvalue weighted by Crippen LogP contribution is -2.16. The Bertz CT molecular complexity index is 526. The molecule has 2 N–H and O–H groups in total. The van der Waals surface area contributed by atoms with E-state index in [0.29, 0.717) is 12.5 Å². The minimum Gasteiger partial charge on any atom is -0.370 e. The number of anilines is 1. The summed E-state index contributed by atoms with van der Waals surface area (Å²) in [5.41, 5.74) is 10.7. The second-order valence-corrected chi connectivity index (χ2v) is 5.62. The Hall–Kier alpha value is -1.80. The molecule has 0 aromatic heterocycles. The number of nitrogens with two attached hydrogens (primary N) is 1. The van der Waals surface area contributed by atoms with Gasteiger partial charge in [0.25, 0.3) is 0 Å². The van der Waals surface area contributed by atoms with Gasteiger partial charge in [-0.1, -0.05) is 50.2 Å². The summed E-state index contributed by atoms with van der Waals surface area (Å²) in [5.74, 6) is 0.589. The summed E-state index contributed by atoms with van der Waals surface area (Å²) in [6.45, 7) is 5.96. The Labute approximate surface area is 122 Å². The molecule has 0 atom stereocenters. The van der Waals surface area contributed by atoms with Crippen LogP contribution in [0.2, 0.25) is 0 Å². The summed E-state index contributed by atoms with van der Waals surface area (Å²) in [5, 5.41) is 0. The number of hydrogen-bond donors (Lipinski definition) is 1. The van der Waals surface area contributed by atoms with Gasteiger partial charge in [-0.25, -0.2) is 0 Å². The van der Waals surface area contributed by atoms with Crippen molar-refractivity contribution in [3.8, 4) is 0 Å². The highest BCUT2D eigenvalue weighted by Crippen LogP contribution is 2.18. The first kappa shape index (κ1) is 14.6. The molecule has 106 valence electrons. The van der Waals surface area contributed by atoms with Crippen LogP contribution in [0.1, 0.15) is 36.5 Å². The molecule has 0 unspecified atom stereocenters. The van der Waals surface area contributed by atoms with Gasteiger partial charge in [0, 0.05) is 25.8 Å². The molecule has 0 heterocycles. The lowest BCUT2D eigenvalue weighted by molar-refractivity contribution is 0.861. The van der Waals surface area contributed by atoms with Crippen LogP contribution in [0.3, 0.4) is 0 Å². The van der Waals surface area contributed by atoms with Gasteiger partial charge in [-0.2, -0.15) is 0 Å². The van der Waals surface area contributed by atoms with Crippen molar-refractivity contribution in [3.05, 3.63) is 65.2 Å². The molecule has 0 spiro atoms. The van der Waals surface area contributed by atoms with Gasteiger partial charge < -0.3 is 10.6 Å². The van der Waals surface area contributed by atoms with Crippen molar-refractivity contribution in [2.75, 3.05) is 11.9 Å². The third-order valence-electron chi connectivity index (χ3n) is 3.68. The van der Waals surface area contributed by atoms with E-state index in [1.807, 2.05) is 0 Å². The molecule has 2 aromatic carbocycles. The van der Waals surface area contributed by atoms with Crippen molar-refractivity contribution >= 4 is 5.69 Å². The van der Waals surface area contributed by atoms with Gasteiger partial charge in [-0.15, -0.1) is 0 Å². The minimum atomic E-state index is 0.589. The molecule has 0 radical (unpaired) electrons. The number of nitrogens with zero attached hydrogens (tertiary/aromatic N) is 1. The molecule has 0 aliphatic rings. The maximum Gasteiger partial charge on any atom is 0.0426 e. The molecule has 0 saturated heterocycles. The normalized spacial score (nSPS) is 10.8. The number of rotatable bonds is 5. The van der Waals surface area contributed by atoms with E-state index in [1.54, 1.807) is 0 Å². The van der Waals surface area contributed by atoms with Gasteiger partial charge in [0.1, 0.15) is 0 Å². The number of hydrogen-bond acceptors (Lipinski definition) is 2. The van der Waals surface area contributed by atoms with Crippen molar-refractivity contribution in [1.82, 2.24) is 0 Å². The Morgan fingerprint density at radius 1 is 0.900 bits per heavy atom. The molecule has 0 saturated carbocycles. The fourth-order valence-electron chi connectivity index (χ4n) is 2.26. The van der Waals surface area contributed by atoms with Gasteiger partial charge >= 0.3 is 0 Å². The van der Waals surface area contributed by atoms with E-state index in [4.69, 9.17) is 5.73 Å². The van der Waals surface area contributed by atoms with Crippen LogP contribution in [0, 0.1) is 0 Å². The Morgan fingerprint density at radius 2 is 1.45 bits per heavy atom. The average Bonchev–Trinajstić information content (AvgIpc) is 2.48. The molecule has 2 rings (SSSR count). The maximum absolute atomic E-state index is 5.62. The summed E-state index contributed by atoms with van der Waals surface area (Å²) in [4.78, 5) is 2.25. The smallest absolute Gasteiger partial charge is 0.0426 e. The van der Waals surface area contributed by atoms with E-state index in [1.165, 1.54) is 22.4 Å². The summed E-state index contributed by atoms with van der Waals surface area (Å²) in [7, 11) is 2.12. The fourth-order valence-corrected chi connectivity index (χ4v) is 2.26. The second-order valence-electron chi connectivity index (χ2n) is 5.62. The van der Waals surface area contributed by atoms with Crippen molar-refractivity contribution in [1.29, 1.82) is 0 Å². The van der Waals surface area contributed by atoms with Crippen LogP contribution >= 0.6 is 0 Å². The zero-order valence-corrected chi connectivity index (χ0v) is 12.6. The Balaban J connectivity index is 2.04. The molecule has 0 amide bonds. The number of benzene rings is 2. The molecule has 2 heteroatoms. The summed E-state index contributed by atoms with van der Waals surface area (Å²) in [6.07, 6.45) is 0. The van der Waals surface area contributed by atoms with Crippen LogP contribution in [-0.4, -0.2) is 7.05 Å². The van der Waals surface area contributed by atoms with Crippen molar-refractivity contribution < 1.29 is 0 Å². The molecule has 2 aromatic rings. The monoisotopic (exact) mass is 268 g/mol. The van der Waals surface area contributed by atoms with Crippen molar-refractivity contribution in [2.24, 2.45) is 5.73 Å². The van der Waals surface area contributed by atoms with Crippen LogP contribution in [0.5, 0.6) is 0 Å². The molecular formula is C18H24N2. The quantitative estimate of drug-likeness (QED) is 0.891. The fraction of sp³-hybridized carbons (Fsp3) is 0.333. The van der Waals surface area contributed by atoms with E-state index >= 15 is 0 Å². The predicted octanol–water partition coefficient (Wildman–Crippen LogP) is 3.91. The van der Waals surface area contributed by atoms with Crippen molar-refractivity contribution in [3.63, 3.8) is 0 Å². The zero-order valence-electron chi connectivity index (χ0n) is 12.6. The summed E-state index contributed by atoms with van der Waals surface area (Å²) < 4.78 is 0. The molecule has 20 heavy (non-hydrogen) atoms. The first-order valence-electron chi connectivity index (χ1n) is 7.19. The standard InChI is InChI=1S/C18H24N2/c1-14(2)17-8-4-16(5-9-17)13-20(3)18-10-6-15(12-19)7-11-18/h4-11,14H,12-13,19H2,1-3H3. The van der Waals surface area contributed by atoms with Crippen LogP contribution in [0.15, 0.2) is 48.5 Å². The molecule has 0 fully saturated rings. The Morgan fingerprint density at radius 3 is 1.95 bits per heavy atom. The molecule has 0 bridgehead atoms. The summed E-state index contributed by atoms with van der Waals surface area (Å²) in [6, 6.07) is 17.3. The lowest BCUT2D eigenvalue weighted by Gasteiger charge is -2.20. The van der Waals surface area contributed by atoms with E-state index in [-0.39, 0.29) is 0 Å². The van der Waals surface area contributed by atoms with Crippen LogP contribution in [-0.2, 0) is 13.1 Å². The lowest BCUT2D eigenvalue weighted by atomic mass is 10.0.